The van der Waals surface area contributed by atoms with Gasteiger partial charge in [0.15, 0.2) is 5.82 Å². The summed E-state index contributed by atoms with van der Waals surface area (Å²) < 4.78 is 3.86. The second-order valence-corrected chi connectivity index (χ2v) is 6.92. The highest BCUT2D eigenvalue weighted by Crippen LogP contribution is 2.27. The zero-order valence-electron chi connectivity index (χ0n) is 15.7. The molecule has 1 aliphatic heterocycles. The van der Waals surface area contributed by atoms with Crippen LogP contribution in [0.15, 0.2) is 6.07 Å². The van der Waals surface area contributed by atoms with Gasteiger partial charge < -0.3 is 9.47 Å². The molecule has 3 rings (SSSR count). The Bertz CT molecular complexity index is 761. The van der Waals surface area contributed by atoms with Crippen LogP contribution in [-0.4, -0.2) is 42.0 Å². The molecule has 0 saturated heterocycles. The lowest BCUT2D eigenvalue weighted by Crippen LogP contribution is -2.44. The van der Waals surface area contributed by atoms with E-state index in [1.54, 1.807) is 9.58 Å². The molecule has 8 heteroatoms. The number of carbonyl (C=O) groups is 1. The molecule has 136 valence electrons. The maximum Gasteiger partial charge on any atom is 0.323 e. The predicted molar refractivity (Wildman–Crippen MR) is 95.5 cm³/mol. The van der Waals surface area contributed by atoms with E-state index in [2.05, 4.69) is 46.0 Å². The predicted octanol–water partition coefficient (Wildman–Crippen LogP) is 2.70. The van der Waals surface area contributed by atoms with E-state index in [0.717, 1.165) is 42.5 Å². The quantitative estimate of drug-likeness (QED) is 0.924. The Hall–Kier alpha value is -2.38. The zero-order chi connectivity index (χ0) is 18.1. The summed E-state index contributed by atoms with van der Waals surface area (Å²) in [5.74, 6) is 2.87. The van der Waals surface area contributed by atoms with Crippen molar-refractivity contribution in [1.82, 2.24) is 29.4 Å². The van der Waals surface area contributed by atoms with Crippen molar-refractivity contribution >= 4 is 11.8 Å². The summed E-state index contributed by atoms with van der Waals surface area (Å²) in [6, 6.07) is 1.70. The van der Waals surface area contributed by atoms with Crippen LogP contribution < -0.4 is 5.32 Å². The van der Waals surface area contributed by atoms with Crippen LogP contribution in [0.5, 0.6) is 0 Å². The van der Waals surface area contributed by atoms with Gasteiger partial charge in [0.05, 0.1) is 11.7 Å². The Balaban J connectivity index is 1.75. The largest absolute Gasteiger partial charge is 0.323 e. The zero-order valence-corrected chi connectivity index (χ0v) is 15.7. The topological polar surface area (TPSA) is 80.9 Å². The average molecular weight is 345 g/mol. The Morgan fingerprint density at radius 1 is 1.36 bits per heavy atom. The van der Waals surface area contributed by atoms with Crippen LogP contribution in [0.1, 0.15) is 63.4 Å². The minimum Gasteiger partial charge on any atom is -0.313 e. The van der Waals surface area contributed by atoms with Gasteiger partial charge in [-0.05, 0) is 13.3 Å². The van der Waals surface area contributed by atoms with Gasteiger partial charge in [-0.3, -0.25) is 10.00 Å². The molecule has 0 bridgehead atoms. The molecule has 0 radical (unpaired) electrons. The molecule has 0 aliphatic carbocycles. The Morgan fingerprint density at radius 2 is 2.12 bits per heavy atom. The van der Waals surface area contributed by atoms with E-state index in [1.807, 2.05) is 20.0 Å². The molecule has 2 amide bonds. The fourth-order valence-electron chi connectivity index (χ4n) is 3.31. The van der Waals surface area contributed by atoms with Gasteiger partial charge >= 0.3 is 6.03 Å². The average Bonchev–Trinajstić information content (AvgIpc) is 3.12. The van der Waals surface area contributed by atoms with Crippen LogP contribution in [0.4, 0.5) is 10.6 Å². The molecule has 25 heavy (non-hydrogen) atoms. The number of rotatable bonds is 4. The number of nitrogens with one attached hydrogen (secondary N) is 1. The van der Waals surface area contributed by atoms with Crippen molar-refractivity contribution < 1.29 is 4.79 Å². The number of urea groups is 1. The van der Waals surface area contributed by atoms with Gasteiger partial charge in [0.1, 0.15) is 11.6 Å². The summed E-state index contributed by atoms with van der Waals surface area (Å²) in [7, 11) is 1.85. The third-order valence-electron chi connectivity index (χ3n) is 4.66. The fourth-order valence-corrected chi connectivity index (χ4v) is 3.31. The summed E-state index contributed by atoms with van der Waals surface area (Å²) in [5.41, 5.74) is 0.994. The molecular formula is C17H27N7O. The summed E-state index contributed by atoms with van der Waals surface area (Å²) in [6.07, 6.45) is 1.94. The van der Waals surface area contributed by atoms with Crippen molar-refractivity contribution in [1.29, 1.82) is 0 Å². The van der Waals surface area contributed by atoms with Gasteiger partial charge in [-0.2, -0.15) is 5.10 Å². The molecule has 2 aromatic heterocycles. The van der Waals surface area contributed by atoms with E-state index in [0.29, 0.717) is 12.5 Å². The first-order valence-electron chi connectivity index (χ1n) is 8.95. The van der Waals surface area contributed by atoms with E-state index >= 15 is 0 Å². The normalized spacial score (nSPS) is 17.0. The monoisotopic (exact) mass is 345 g/mol. The minimum atomic E-state index is -0.126. The van der Waals surface area contributed by atoms with E-state index in [4.69, 9.17) is 0 Å². The van der Waals surface area contributed by atoms with Crippen molar-refractivity contribution in [3.8, 4) is 0 Å². The van der Waals surface area contributed by atoms with Gasteiger partial charge in [-0.25, -0.2) is 4.79 Å². The number of hydrogen-bond donors (Lipinski definition) is 1. The van der Waals surface area contributed by atoms with Crippen LogP contribution >= 0.6 is 0 Å². The summed E-state index contributed by atoms with van der Waals surface area (Å²) in [4.78, 5) is 14.6. The van der Waals surface area contributed by atoms with Gasteiger partial charge in [0, 0.05) is 32.1 Å². The lowest BCUT2D eigenvalue weighted by molar-refractivity contribution is 0.171. The Kier molecular flexibility index (Phi) is 4.78. The molecule has 1 N–H and O–H groups in total. The first-order valence-corrected chi connectivity index (χ1v) is 8.95. The van der Waals surface area contributed by atoms with E-state index in [-0.39, 0.29) is 12.1 Å². The first-order chi connectivity index (χ1) is 11.9. The van der Waals surface area contributed by atoms with E-state index in [1.165, 1.54) is 0 Å². The maximum atomic E-state index is 12.8. The molecule has 0 spiro atoms. The number of fused-ring (bicyclic) bond motifs is 1. The van der Waals surface area contributed by atoms with Crippen molar-refractivity contribution in [2.24, 2.45) is 7.05 Å². The number of carbonyl (C=O) groups excluding carboxylic acids is 1. The lowest BCUT2D eigenvalue weighted by atomic mass is 10.1. The molecular weight excluding hydrogens is 318 g/mol. The van der Waals surface area contributed by atoms with Crippen LogP contribution in [0.25, 0.3) is 0 Å². The van der Waals surface area contributed by atoms with Crippen LogP contribution in [0.3, 0.4) is 0 Å². The minimum absolute atomic E-state index is 0.114. The van der Waals surface area contributed by atoms with Crippen LogP contribution in [0, 0.1) is 0 Å². The van der Waals surface area contributed by atoms with Crippen molar-refractivity contribution in [2.75, 3.05) is 11.9 Å². The van der Waals surface area contributed by atoms with Crippen molar-refractivity contribution in [3.63, 3.8) is 0 Å². The molecule has 0 fully saturated rings. The molecule has 1 atom stereocenters. The van der Waals surface area contributed by atoms with Crippen molar-refractivity contribution in [3.05, 3.63) is 23.4 Å². The van der Waals surface area contributed by atoms with Crippen LogP contribution in [0.2, 0.25) is 0 Å². The van der Waals surface area contributed by atoms with Crippen LogP contribution in [-0.2, 0) is 20.0 Å². The number of nitrogens with zero attached hydrogens (tertiary/aromatic N) is 6. The standard InChI is InChI=1S/C17H27N7O/c1-6-7-13-10-14(22(5)21-13)18-17(25)23-8-9-24-15(11(2)3)19-20-16(24)12(23)4/h10-12H,6-9H2,1-5H3,(H,18,25). The van der Waals surface area contributed by atoms with Gasteiger partial charge in [0.2, 0.25) is 0 Å². The third kappa shape index (κ3) is 3.25. The molecule has 3 heterocycles. The number of aryl methyl sites for hydroxylation is 2. The number of aromatic nitrogens is 5. The summed E-state index contributed by atoms with van der Waals surface area (Å²) in [6.45, 7) is 9.69. The lowest BCUT2D eigenvalue weighted by Gasteiger charge is -2.33. The number of hydrogen-bond acceptors (Lipinski definition) is 4. The summed E-state index contributed by atoms with van der Waals surface area (Å²) >= 11 is 0. The Morgan fingerprint density at radius 3 is 2.80 bits per heavy atom. The highest BCUT2D eigenvalue weighted by Gasteiger charge is 2.32. The molecule has 1 unspecified atom stereocenters. The van der Waals surface area contributed by atoms with Gasteiger partial charge in [-0.1, -0.05) is 27.2 Å². The van der Waals surface area contributed by atoms with Crippen molar-refractivity contribution in [2.45, 2.75) is 59.0 Å². The van der Waals surface area contributed by atoms with E-state index in [9.17, 15) is 4.79 Å². The second-order valence-electron chi connectivity index (χ2n) is 6.92. The smallest absolute Gasteiger partial charge is 0.313 e. The van der Waals surface area contributed by atoms with Gasteiger partial charge in [-0.15, -0.1) is 10.2 Å². The van der Waals surface area contributed by atoms with Gasteiger partial charge in [0.25, 0.3) is 0 Å². The second kappa shape index (κ2) is 6.85. The molecule has 1 aliphatic rings. The molecule has 2 aromatic rings. The highest BCUT2D eigenvalue weighted by molar-refractivity contribution is 5.88. The SMILES string of the molecule is CCCc1cc(NC(=O)N2CCn3c(C(C)C)nnc3C2C)n(C)n1. The number of amides is 2. The molecule has 0 aromatic carbocycles. The highest BCUT2D eigenvalue weighted by atomic mass is 16.2. The molecule has 0 saturated carbocycles. The summed E-state index contributed by atoms with van der Waals surface area (Å²) in [5, 5.41) is 16.0. The fraction of sp³-hybridized carbons (Fsp3) is 0.647. The maximum absolute atomic E-state index is 12.8. The molecule has 8 nitrogen and oxygen atoms in total. The Labute approximate surface area is 148 Å². The first kappa shape index (κ1) is 17.4. The number of anilines is 1. The third-order valence-corrected chi connectivity index (χ3v) is 4.66. The van der Waals surface area contributed by atoms with E-state index < -0.39 is 0 Å².